The van der Waals surface area contributed by atoms with Crippen molar-refractivity contribution in [1.29, 1.82) is 0 Å². The molecule has 28 heteroatoms. The monoisotopic (exact) mass is 1040 g/mol. The molecule has 0 saturated heterocycles. The number of nitrogens with one attached hydrogen (secondary N) is 8. The third kappa shape index (κ3) is 26.4. The summed E-state index contributed by atoms with van der Waals surface area (Å²) in [6.45, 7) is 10.3. The van der Waals surface area contributed by atoms with Gasteiger partial charge in [-0.15, -0.1) is 0 Å². The van der Waals surface area contributed by atoms with E-state index in [-0.39, 0.29) is 86.2 Å². The molecule has 25 nitrogen and oxygen atoms in total. The molecular weight excluding hydrogens is 959 g/mol. The Kier molecular flexibility index (Phi) is 31.6. The number of nitrogens with two attached hydrogens (primary N) is 5. The average molecular weight is 1040 g/mol. The minimum Gasteiger partial charge on any atom is -0.480 e. The van der Waals surface area contributed by atoms with Crippen molar-refractivity contribution in [3.63, 3.8) is 0 Å². The summed E-state index contributed by atoms with van der Waals surface area (Å²) in [5.41, 5.74) is 27.5. The summed E-state index contributed by atoms with van der Waals surface area (Å²) in [6, 6.07) is -9.65. The third-order valence-electron chi connectivity index (χ3n) is 10.2. The fourth-order valence-corrected chi connectivity index (χ4v) is 7.01. The predicted octanol–water partition coefficient (Wildman–Crippen LogP) is -4.06. The first-order chi connectivity index (χ1) is 32.3. The van der Waals surface area contributed by atoms with Crippen molar-refractivity contribution < 1.29 is 48.3 Å². The van der Waals surface area contributed by atoms with E-state index >= 15 is 0 Å². The SMILES string of the molecule is CC[C@H](C)[C@H](NC(=O)[C@H](CCCN=C(N)N)NC(=O)[C@H](CC(C)C)NC(=O)CNC(=O)[C@H](CS)NC(=O)[C@H](CC(C)C)NC(=O)[C@H](CS)NC(=O)[C@@H](N)CCCN=C(N)N)C(=O)N[C@@H](CS)C(=O)O. The van der Waals surface area contributed by atoms with Gasteiger partial charge in [0.05, 0.1) is 12.6 Å². The van der Waals surface area contributed by atoms with Crippen LogP contribution in [0.15, 0.2) is 9.98 Å². The number of aliphatic carboxylic acids is 1. The molecule has 0 saturated carbocycles. The molecule has 394 valence electrons. The van der Waals surface area contributed by atoms with Crippen molar-refractivity contribution in [1.82, 2.24) is 42.5 Å². The second kappa shape index (κ2) is 34.1. The molecule has 9 atom stereocenters. The quantitative estimate of drug-likeness (QED) is 0.0126. The van der Waals surface area contributed by atoms with Crippen molar-refractivity contribution in [2.75, 3.05) is 36.9 Å². The topological polar surface area (TPSA) is 425 Å². The van der Waals surface area contributed by atoms with E-state index in [1.807, 2.05) is 0 Å². The van der Waals surface area contributed by atoms with Crippen molar-refractivity contribution in [2.24, 2.45) is 56.4 Å². The van der Waals surface area contributed by atoms with Gasteiger partial charge in [-0.05, 0) is 56.3 Å². The van der Waals surface area contributed by atoms with Crippen LogP contribution in [0.3, 0.4) is 0 Å². The molecular formula is C41H77N15O10S3. The normalized spacial score (nSPS) is 15.0. The molecule has 69 heavy (non-hydrogen) atoms. The fourth-order valence-electron chi connectivity index (χ4n) is 6.25. The van der Waals surface area contributed by atoms with Gasteiger partial charge in [-0.2, -0.15) is 37.9 Å². The van der Waals surface area contributed by atoms with E-state index < -0.39 is 114 Å². The van der Waals surface area contributed by atoms with Crippen LogP contribution in [0.4, 0.5) is 0 Å². The highest BCUT2D eigenvalue weighted by Gasteiger charge is 2.34. The summed E-state index contributed by atoms with van der Waals surface area (Å²) in [7, 11) is 0. The number of carbonyl (C=O) groups excluding carboxylic acids is 8. The van der Waals surface area contributed by atoms with Gasteiger partial charge >= 0.3 is 5.97 Å². The van der Waals surface area contributed by atoms with Gasteiger partial charge < -0.3 is 76.3 Å². The number of carbonyl (C=O) groups is 9. The zero-order chi connectivity index (χ0) is 53.0. The second-order valence-corrected chi connectivity index (χ2v) is 18.3. The number of rotatable bonds is 34. The van der Waals surface area contributed by atoms with E-state index in [0.717, 1.165) is 0 Å². The van der Waals surface area contributed by atoms with Crippen LogP contribution in [0.2, 0.25) is 0 Å². The first-order valence-electron chi connectivity index (χ1n) is 22.6. The molecule has 19 N–H and O–H groups in total. The average Bonchev–Trinajstić information content (AvgIpc) is 3.27. The highest BCUT2D eigenvalue weighted by molar-refractivity contribution is 7.80. The number of thiol groups is 3. The molecule has 8 amide bonds. The van der Waals surface area contributed by atoms with E-state index in [4.69, 9.17) is 28.7 Å². The Bertz CT molecular complexity index is 1770. The molecule has 0 unspecified atom stereocenters. The molecule has 0 aromatic rings. The van der Waals surface area contributed by atoms with Crippen LogP contribution in [0.1, 0.15) is 86.5 Å². The first kappa shape index (κ1) is 63.8. The summed E-state index contributed by atoms with van der Waals surface area (Å²) in [5.74, 6) is -8.98. The van der Waals surface area contributed by atoms with E-state index in [1.165, 1.54) is 0 Å². The maximum absolute atomic E-state index is 13.8. The maximum Gasteiger partial charge on any atom is 0.327 e. The van der Waals surface area contributed by atoms with Crippen molar-refractivity contribution in [3.8, 4) is 0 Å². The maximum atomic E-state index is 13.8. The molecule has 0 aliphatic rings. The van der Waals surface area contributed by atoms with Crippen LogP contribution >= 0.6 is 37.9 Å². The molecule has 0 rings (SSSR count). The number of nitrogens with zero attached hydrogens (tertiary/aromatic N) is 2. The summed E-state index contributed by atoms with van der Waals surface area (Å²) < 4.78 is 0. The van der Waals surface area contributed by atoms with E-state index in [2.05, 4.69) is 90.4 Å². The summed E-state index contributed by atoms with van der Waals surface area (Å²) in [4.78, 5) is 126. The third-order valence-corrected chi connectivity index (χ3v) is 11.3. The minimum absolute atomic E-state index is 0.0147. The molecule has 0 heterocycles. The standard InChI is InChI=1S/C41H77N15O10S3/c1-7-22(6)31(38(64)55-29(19-69)39(65)66)56-34(60)24(11-9-13-48-41(45)46)51-35(61)25(14-20(2)3)50-30(57)16-49-33(59)27(17-67)54-36(62)26(15-21(4)5)52-37(63)28(18-68)53-32(58)23(42)10-8-12-47-40(43)44/h20-29,31,67-69H,7-19,42H2,1-6H3,(H,49,59)(H,50,57)(H,51,61)(H,52,63)(H,53,58)(H,54,62)(H,55,64)(H,56,60)(H,65,66)(H4,43,44,47)(H4,45,46,48)/t22-,23-,24-,25-,26-,27-,28-,29-,31-/m0/s1. The van der Waals surface area contributed by atoms with Gasteiger partial charge in [-0.1, -0.05) is 48.0 Å². The molecule has 0 aliphatic heterocycles. The Balaban J connectivity index is 6.02. The van der Waals surface area contributed by atoms with Crippen molar-refractivity contribution in [3.05, 3.63) is 0 Å². The number of carboxylic acids is 1. The molecule has 0 aromatic heterocycles. The number of amides is 8. The molecule has 0 aliphatic carbocycles. The zero-order valence-corrected chi connectivity index (χ0v) is 43.0. The van der Waals surface area contributed by atoms with E-state index in [1.54, 1.807) is 41.5 Å². The van der Waals surface area contributed by atoms with Gasteiger partial charge in [0, 0.05) is 30.3 Å². The van der Waals surface area contributed by atoms with E-state index in [9.17, 15) is 48.3 Å². The Morgan fingerprint density at radius 2 is 0.928 bits per heavy atom. The van der Waals surface area contributed by atoms with Crippen LogP contribution < -0.4 is 71.2 Å². The smallest absolute Gasteiger partial charge is 0.327 e. The number of hydrogen-bond acceptors (Lipinski definition) is 15. The lowest BCUT2D eigenvalue weighted by molar-refractivity contribution is -0.142. The predicted molar refractivity (Wildman–Crippen MR) is 272 cm³/mol. The zero-order valence-electron chi connectivity index (χ0n) is 40.3. The molecule has 0 bridgehead atoms. The van der Waals surface area contributed by atoms with Crippen LogP contribution in [0.5, 0.6) is 0 Å². The fraction of sp³-hybridized carbons (Fsp3) is 0.732. The number of aliphatic imine (C=N–C) groups is 2. The number of hydrogen-bond donors (Lipinski definition) is 17. The van der Waals surface area contributed by atoms with Gasteiger partial charge in [-0.25, -0.2) is 4.79 Å². The van der Waals surface area contributed by atoms with Gasteiger partial charge in [0.25, 0.3) is 0 Å². The molecule has 0 spiro atoms. The summed E-state index contributed by atoms with van der Waals surface area (Å²) in [5, 5.41) is 29.8. The Hall–Kier alpha value is -5.22. The first-order valence-corrected chi connectivity index (χ1v) is 24.5. The van der Waals surface area contributed by atoms with Crippen LogP contribution in [0.25, 0.3) is 0 Å². The lowest BCUT2D eigenvalue weighted by atomic mass is 9.97. The minimum atomic E-state index is -1.33. The number of carboxylic acid groups (broad SMARTS) is 1. The van der Waals surface area contributed by atoms with Crippen molar-refractivity contribution >= 4 is 103 Å². The van der Waals surface area contributed by atoms with Gasteiger partial charge in [0.1, 0.15) is 42.3 Å². The van der Waals surface area contributed by atoms with Crippen LogP contribution in [-0.2, 0) is 43.2 Å². The Morgan fingerprint density at radius 3 is 1.39 bits per heavy atom. The largest absolute Gasteiger partial charge is 0.480 e. The summed E-state index contributed by atoms with van der Waals surface area (Å²) >= 11 is 12.4. The lowest BCUT2D eigenvalue weighted by Crippen LogP contribution is -2.60. The molecule has 0 radical (unpaired) electrons. The van der Waals surface area contributed by atoms with E-state index in [0.29, 0.717) is 12.8 Å². The van der Waals surface area contributed by atoms with Gasteiger partial charge in [0.15, 0.2) is 11.9 Å². The highest BCUT2D eigenvalue weighted by atomic mass is 32.1. The van der Waals surface area contributed by atoms with Crippen molar-refractivity contribution in [2.45, 2.75) is 135 Å². The Labute approximate surface area is 420 Å². The Morgan fingerprint density at radius 1 is 0.522 bits per heavy atom. The summed E-state index contributed by atoms with van der Waals surface area (Å²) in [6.07, 6.45) is 1.44. The van der Waals surface area contributed by atoms with Crippen LogP contribution in [0, 0.1) is 17.8 Å². The van der Waals surface area contributed by atoms with Gasteiger partial charge in [0.2, 0.25) is 47.3 Å². The molecule has 0 aromatic carbocycles. The van der Waals surface area contributed by atoms with Gasteiger partial charge in [-0.3, -0.25) is 48.3 Å². The lowest BCUT2D eigenvalue weighted by Gasteiger charge is -2.28. The number of guanidine groups is 2. The molecule has 0 fully saturated rings. The second-order valence-electron chi connectivity index (χ2n) is 17.2. The van der Waals surface area contributed by atoms with Crippen LogP contribution in [-0.4, -0.2) is 155 Å². The highest BCUT2D eigenvalue weighted by Crippen LogP contribution is 2.12.